The van der Waals surface area contributed by atoms with E-state index in [1.54, 1.807) is 13.8 Å². The van der Waals surface area contributed by atoms with Crippen LogP contribution in [0, 0.1) is 5.41 Å². The molecular formula is C25H29F3N4O5. The molecule has 37 heavy (non-hydrogen) atoms. The number of carboxylic acids is 1. The van der Waals surface area contributed by atoms with Crippen molar-refractivity contribution in [2.24, 2.45) is 11.1 Å². The summed E-state index contributed by atoms with van der Waals surface area (Å²) in [7, 11) is 0. The molecule has 0 atom stereocenters. The number of aromatic nitrogens is 2. The number of benzene rings is 1. The average molecular weight is 523 g/mol. The highest BCUT2D eigenvalue weighted by Crippen LogP contribution is 2.42. The number of halogens is 3. The minimum absolute atomic E-state index is 0.00426. The summed E-state index contributed by atoms with van der Waals surface area (Å²) in [4.78, 5) is 38.3. The maximum absolute atomic E-state index is 13.9. The smallest absolute Gasteiger partial charge is 0.435 e. The van der Waals surface area contributed by atoms with E-state index in [0.29, 0.717) is 25.7 Å². The van der Waals surface area contributed by atoms with Crippen LogP contribution in [0.25, 0.3) is 5.69 Å². The van der Waals surface area contributed by atoms with E-state index >= 15 is 0 Å². The molecule has 0 saturated heterocycles. The van der Waals surface area contributed by atoms with Crippen molar-refractivity contribution in [1.82, 2.24) is 9.78 Å². The Labute approximate surface area is 211 Å². The Morgan fingerprint density at radius 2 is 1.84 bits per heavy atom. The van der Waals surface area contributed by atoms with Gasteiger partial charge in [-0.25, -0.2) is 4.68 Å². The van der Waals surface area contributed by atoms with E-state index in [9.17, 15) is 37.8 Å². The number of nitrogens with two attached hydrogens (primary N) is 1. The van der Waals surface area contributed by atoms with Crippen LogP contribution in [0.4, 0.5) is 18.9 Å². The van der Waals surface area contributed by atoms with Crippen molar-refractivity contribution in [3.8, 4) is 5.69 Å². The number of anilines is 1. The second-order valence-corrected chi connectivity index (χ2v) is 10.6. The minimum Gasteiger partial charge on any atom is -0.480 e. The first-order valence-electron chi connectivity index (χ1n) is 12.0. The summed E-state index contributed by atoms with van der Waals surface area (Å²) in [5.74, 6) is -2.65. The van der Waals surface area contributed by atoms with Crippen LogP contribution in [0.5, 0.6) is 0 Å². The van der Waals surface area contributed by atoms with Crippen LogP contribution in [0.2, 0.25) is 0 Å². The molecule has 12 heteroatoms. The Morgan fingerprint density at radius 3 is 2.41 bits per heavy atom. The van der Waals surface area contributed by atoms with E-state index in [4.69, 9.17) is 5.73 Å². The van der Waals surface area contributed by atoms with Crippen molar-refractivity contribution in [3.63, 3.8) is 0 Å². The highest BCUT2D eigenvalue weighted by atomic mass is 19.4. The van der Waals surface area contributed by atoms with E-state index in [2.05, 4.69) is 5.10 Å². The summed E-state index contributed by atoms with van der Waals surface area (Å²) in [6, 6.07) is 3.77. The van der Waals surface area contributed by atoms with Crippen molar-refractivity contribution >= 4 is 23.3 Å². The van der Waals surface area contributed by atoms with Gasteiger partial charge < -0.3 is 20.8 Å². The predicted molar refractivity (Wildman–Crippen MR) is 127 cm³/mol. The summed E-state index contributed by atoms with van der Waals surface area (Å²) in [5.41, 5.74) is 3.65. The fourth-order valence-corrected chi connectivity index (χ4v) is 5.38. The molecule has 0 radical (unpaired) electrons. The van der Waals surface area contributed by atoms with Gasteiger partial charge in [-0.2, -0.15) is 18.3 Å². The molecule has 1 fully saturated rings. The number of nitrogens with zero attached hydrogens (tertiary/aromatic N) is 3. The molecule has 9 nitrogen and oxygen atoms in total. The van der Waals surface area contributed by atoms with Crippen LogP contribution in [0.15, 0.2) is 18.2 Å². The van der Waals surface area contributed by atoms with Crippen LogP contribution in [0.3, 0.4) is 0 Å². The van der Waals surface area contributed by atoms with Crippen molar-refractivity contribution in [3.05, 3.63) is 40.7 Å². The quantitative estimate of drug-likeness (QED) is 0.529. The molecule has 2 aromatic rings. The van der Waals surface area contributed by atoms with Gasteiger partial charge in [-0.15, -0.1) is 0 Å². The number of carbonyl (C=O) groups excluding carboxylic acids is 2. The van der Waals surface area contributed by atoms with Crippen LogP contribution >= 0.6 is 0 Å². The number of carbonyl (C=O) groups is 3. The Kier molecular flexibility index (Phi) is 6.82. The standard InChI is InChI=1S/C25H29F3N4O5/c1-24(2)10-18-21(19(34)11-24)22(25(26,27)28)30-32(18)14-5-8-16(23(29)37)17(9-14)31(12-20(35)36)13-3-6-15(33)7-4-13/h5,8-9,13,15,33H,3-4,6-7,10-12H2,1-2H3,(H2,29,37)(H,35,36). The van der Waals surface area contributed by atoms with E-state index < -0.39 is 53.2 Å². The summed E-state index contributed by atoms with van der Waals surface area (Å²) in [6.07, 6.45) is -3.49. The molecule has 1 amide bonds. The molecule has 0 spiro atoms. The Morgan fingerprint density at radius 1 is 1.19 bits per heavy atom. The molecule has 0 aliphatic heterocycles. The number of fused-ring (bicyclic) bond motifs is 1. The zero-order chi connectivity index (χ0) is 27.3. The minimum atomic E-state index is -4.86. The Hall–Kier alpha value is -3.41. The number of Topliss-reactive ketones (excluding diaryl/α,β-unsaturated/α-hetero) is 1. The first kappa shape index (κ1) is 26.6. The van der Waals surface area contributed by atoms with Gasteiger partial charge in [0, 0.05) is 12.5 Å². The lowest BCUT2D eigenvalue weighted by atomic mass is 9.75. The lowest BCUT2D eigenvalue weighted by Gasteiger charge is -2.37. The second kappa shape index (κ2) is 9.47. The third kappa shape index (κ3) is 5.34. The van der Waals surface area contributed by atoms with Crippen molar-refractivity contribution in [2.75, 3.05) is 11.4 Å². The molecule has 4 rings (SSSR count). The first-order chi connectivity index (χ1) is 17.2. The molecule has 1 aromatic heterocycles. The summed E-state index contributed by atoms with van der Waals surface area (Å²) < 4.78 is 42.7. The molecule has 0 unspecified atom stereocenters. The molecule has 4 N–H and O–H groups in total. The van der Waals surface area contributed by atoms with E-state index in [-0.39, 0.29) is 41.5 Å². The van der Waals surface area contributed by atoms with Crippen molar-refractivity contribution < 1.29 is 37.8 Å². The van der Waals surface area contributed by atoms with Crippen molar-refractivity contribution in [1.29, 1.82) is 0 Å². The number of amides is 1. The molecule has 200 valence electrons. The highest BCUT2D eigenvalue weighted by molar-refractivity contribution is 6.01. The second-order valence-electron chi connectivity index (χ2n) is 10.6. The van der Waals surface area contributed by atoms with Gasteiger partial charge in [0.05, 0.1) is 34.3 Å². The normalized spacial score (nSPS) is 21.4. The lowest BCUT2D eigenvalue weighted by molar-refractivity contribution is -0.141. The van der Waals surface area contributed by atoms with Crippen LogP contribution in [-0.2, 0) is 17.4 Å². The number of primary amides is 1. The maximum atomic E-state index is 13.9. The van der Waals surface area contributed by atoms with Gasteiger partial charge in [-0.1, -0.05) is 13.8 Å². The number of ketones is 1. The van der Waals surface area contributed by atoms with Gasteiger partial charge in [0.25, 0.3) is 5.91 Å². The van der Waals surface area contributed by atoms with E-state index in [0.717, 1.165) is 4.68 Å². The predicted octanol–water partition coefficient (Wildman–Crippen LogP) is 3.34. The van der Waals surface area contributed by atoms with Gasteiger partial charge in [-0.3, -0.25) is 14.4 Å². The SMILES string of the molecule is CC1(C)CC(=O)c2c(C(F)(F)F)nn(-c3ccc(C(N)=O)c(N(CC(=O)O)C4CCC(O)CC4)c3)c2C1. The number of rotatable bonds is 6. The zero-order valence-electron chi connectivity index (χ0n) is 20.5. The zero-order valence-corrected chi connectivity index (χ0v) is 20.5. The third-order valence-electron chi connectivity index (χ3n) is 7.03. The monoisotopic (exact) mass is 522 g/mol. The molecule has 0 bridgehead atoms. The number of aliphatic carboxylic acids is 1. The average Bonchev–Trinajstić information content (AvgIpc) is 3.16. The van der Waals surface area contributed by atoms with E-state index in [1.165, 1.54) is 23.1 Å². The van der Waals surface area contributed by atoms with Crippen LogP contribution < -0.4 is 10.6 Å². The number of alkyl halides is 3. The molecule has 1 heterocycles. The summed E-state index contributed by atoms with van der Waals surface area (Å²) in [5, 5.41) is 23.3. The number of aliphatic hydroxyl groups is 1. The number of hydrogen-bond acceptors (Lipinski definition) is 6. The number of hydrogen-bond donors (Lipinski definition) is 3. The van der Waals surface area contributed by atoms with Gasteiger partial charge in [0.15, 0.2) is 11.5 Å². The highest BCUT2D eigenvalue weighted by Gasteiger charge is 2.45. The van der Waals surface area contributed by atoms with E-state index in [1.807, 2.05) is 0 Å². The van der Waals surface area contributed by atoms with Crippen molar-refractivity contribution in [2.45, 2.75) is 70.7 Å². The fraction of sp³-hybridized carbons (Fsp3) is 0.520. The van der Waals surface area contributed by atoms with Gasteiger partial charge in [-0.05, 0) is 55.7 Å². The molecule has 2 aliphatic rings. The Balaban J connectivity index is 1.90. The lowest BCUT2D eigenvalue weighted by Crippen LogP contribution is -2.43. The topological polar surface area (TPSA) is 139 Å². The largest absolute Gasteiger partial charge is 0.480 e. The fourth-order valence-electron chi connectivity index (χ4n) is 5.38. The maximum Gasteiger partial charge on any atom is 0.435 e. The van der Waals surface area contributed by atoms with Gasteiger partial charge >= 0.3 is 12.1 Å². The van der Waals surface area contributed by atoms with Crippen LogP contribution in [-0.4, -0.2) is 56.3 Å². The number of carboxylic acid groups (broad SMARTS) is 1. The molecule has 2 aliphatic carbocycles. The molecule has 1 aromatic carbocycles. The van der Waals surface area contributed by atoms with Gasteiger partial charge in [0.1, 0.15) is 6.54 Å². The number of aliphatic hydroxyl groups excluding tert-OH is 1. The van der Waals surface area contributed by atoms with Crippen LogP contribution in [0.1, 0.15) is 78.1 Å². The first-order valence-corrected chi connectivity index (χ1v) is 12.0. The third-order valence-corrected chi connectivity index (χ3v) is 7.03. The Bertz CT molecular complexity index is 1250. The summed E-state index contributed by atoms with van der Waals surface area (Å²) in [6.45, 7) is 3.08. The van der Waals surface area contributed by atoms with Gasteiger partial charge in [0.2, 0.25) is 0 Å². The molecule has 1 saturated carbocycles. The molecular weight excluding hydrogens is 493 g/mol. The summed E-state index contributed by atoms with van der Waals surface area (Å²) >= 11 is 0.